The van der Waals surface area contributed by atoms with Crippen molar-refractivity contribution in [2.45, 2.75) is 20.0 Å². The molecular formula is C11H18O4S2. The normalized spacial score (nSPS) is 17.2. The Morgan fingerprint density at radius 1 is 1.29 bits per heavy atom. The molecule has 1 aliphatic rings. The maximum absolute atomic E-state index is 10.7. The van der Waals surface area contributed by atoms with Crippen LogP contribution in [0, 0.1) is 0 Å². The Morgan fingerprint density at radius 2 is 1.71 bits per heavy atom. The fourth-order valence-corrected chi connectivity index (χ4v) is 3.26. The molecule has 0 aromatic carbocycles. The van der Waals surface area contributed by atoms with Crippen LogP contribution in [-0.2, 0) is 14.3 Å². The van der Waals surface area contributed by atoms with Gasteiger partial charge in [0.05, 0.1) is 0 Å². The number of hydrogen-bond acceptors (Lipinski definition) is 5. The molecule has 0 radical (unpaired) electrons. The number of carbonyl (C=O) groups excluding carboxylic acids is 1. The van der Waals surface area contributed by atoms with Gasteiger partial charge < -0.3 is 9.84 Å². The Morgan fingerprint density at radius 3 is 2.06 bits per heavy atom. The van der Waals surface area contributed by atoms with E-state index in [9.17, 15) is 4.79 Å². The van der Waals surface area contributed by atoms with Crippen molar-refractivity contribution in [3.63, 3.8) is 0 Å². The second-order valence-corrected chi connectivity index (χ2v) is 5.59. The summed E-state index contributed by atoms with van der Waals surface area (Å²) in [5, 5.41) is 7.42. The van der Waals surface area contributed by atoms with E-state index in [0.29, 0.717) is 0 Å². The molecule has 0 amide bonds. The fraction of sp³-hybridized carbons (Fsp3) is 0.636. The highest BCUT2D eigenvalue weighted by Crippen LogP contribution is 2.20. The zero-order valence-electron chi connectivity index (χ0n) is 10.1. The molecule has 0 unspecified atom stereocenters. The maximum atomic E-state index is 10.7. The van der Waals surface area contributed by atoms with Crippen LogP contribution in [0.5, 0.6) is 0 Å². The van der Waals surface area contributed by atoms with Crippen LogP contribution >= 0.6 is 23.5 Å². The standard InChI is InChI=1S/C9H14O2S2.C2H4O2/c1-7-3-12-5-9(6-13-4-7)11-8(2)10;1-2(3)4/h9H,1,3-6H2,2H3;1H3,(H,3,4). The molecule has 0 aromatic heterocycles. The van der Waals surface area contributed by atoms with E-state index < -0.39 is 5.97 Å². The summed E-state index contributed by atoms with van der Waals surface area (Å²) in [4.78, 5) is 19.7. The van der Waals surface area contributed by atoms with Gasteiger partial charge in [-0.25, -0.2) is 0 Å². The van der Waals surface area contributed by atoms with Crippen LogP contribution in [0.15, 0.2) is 12.2 Å². The number of carboxylic acid groups (broad SMARTS) is 1. The fourth-order valence-electron chi connectivity index (χ4n) is 1.06. The number of esters is 1. The first-order valence-electron chi connectivity index (χ1n) is 5.10. The Labute approximate surface area is 110 Å². The van der Waals surface area contributed by atoms with Crippen LogP contribution in [0.4, 0.5) is 0 Å². The highest BCUT2D eigenvalue weighted by Gasteiger charge is 2.15. The molecule has 17 heavy (non-hydrogen) atoms. The van der Waals surface area contributed by atoms with Crippen molar-refractivity contribution in [1.82, 2.24) is 0 Å². The summed E-state index contributed by atoms with van der Waals surface area (Å²) in [5.41, 5.74) is 1.27. The van der Waals surface area contributed by atoms with Crippen molar-refractivity contribution in [1.29, 1.82) is 0 Å². The molecule has 1 saturated heterocycles. The first-order chi connectivity index (χ1) is 7.91. The third kappa shape index (κ3) is 11.6. The number of carboxylic acids is 1. The lowest BCUT2D eigenvalue weighted by Crippen LogP contribution is -2.23. The van der Waals surface area contributed by atoms with Crippen LogP contribution in [0.3, 0.4) is 0 Å². The van der Waals surface area contributed by atoms with E-state index in [0.717, 1.165) is 29.9 Å². The molecule has 0 bridgehead atoms. The Balaban J connectivity index is 0.000000557. The molecule has 1 heterocycles. The summed E-state index contributed by atoms with van der Waals surface area (Å²) in [6, 6.07) is 0. The van der Waals surface area contributed by atoms with Gasteiger partial charge in [-0.1, -0.05) is 12.2 Å². The van der Waals surface area contributed by atoms with Crippen LogP contribution in [0.2, 0.25) is 0 Å². The van der Waals surface area contributed by atoms with Gasteiger partial charge in [0.15, 0.2) is 0 Å². The molecule has 0 spiro atoms. The lowest BCUT2D eigenvalue weighted by Gasteiger charge is -2.19. The second kappa shape index (κ2) is 9.41. The number of thioether (sulfide) groups is 2. The van der Waals surface area contributed by atoms with Crippen molar-refractivity contribution >= 4 is 35.5 Å². The monoisotopic (exact) mass is 278 g/mol. The van der Waals surface area contributed by atoms with Crippen molar-refractivity contribution < 1.29 is 19.4 Å². The molecule has 6 heteroatoms. The Kier molecular flexibility index (Phi) is 9.07. The minimum atomic E-state index is -0.833. The van der Waals surface area contributed by atoms with Gasteiger partial charge in [0, 0.05) is 36.9 Å². The molecule has 0 atom stereocenters. The molecule has 1 fully saturated rings. The SMILES string of the molecule is C=C1CSCC(OC(C)=O)CSC1.CC(=O)O. The summed E-state index contributed by atoms with van der Waals surface area (Å²) in [5.74, 6) is 2.76. The van der Waals surface area contributed by atoms with Gasteiger partial charge in [-0.3, -0.25) is 9.59 Å². The van der Waals surface area contributed by atoms with E-state index in [-0.39, 0.29) is 12.1 Å². The van der Waals surface area contributed by atoms with Crippen molar-refractivity contribution in [3.8, 4) is 0 Å². The molecular weight excluding hydrogens is 260 g/mol. The number of rotatable bonds is 1. The first-order valence-corrected chi connectivity index (χ1v) is 7.41. The predicted molar refractivity (Wildman–Crippen MR) is 72.7 cm³/mol. The molecule has 0 aromatic rings. The van der Waals surface area contributed by atoms with Crippen LogP contribution in [-0.4, -0.2) is 46.2 Å². The molecule has 0 saturated carbocycles. The van der Waals surface area contributed by atoms with E-state index in [2.05, 4.69) is 6.58 Å². The van der Waals surface area contributed by atoms with Crippen molar-refractivity contribution in [3.05, 3.63) is 12.2 Å². The van der Waals surface area contributed by atoms with E-state index in [1.54, 1.807) is 23.5 Å². The van der Waals surface area contributed by atoms with Gasteiger partial charge in [0.1, 0.15) is 6.10 Å². The summed E-state index contributed by atoms with van der Waals surface area (Å²) < 4.78 is 5.15. The lowest BCUT2D eigenvalue weighted by molar-refractivity contribution is -0.144. The topological polar surface area (TPSA) is 63.6 Å². The van der Waals surface area contributed by atoms with Gasteiger partial charge in [0.25, 0.3) is 5.97 Å². The van der Waals surface area contributed by atoms with Crippen LogP contribution < -0.4 is 0 Å². The second-order valence-electron chi connectivity index (χ2n) is 3.53. The Bertz CT molecular complexity index is 263. The predicted octanol–water partition coefficient (Wildman–Crippen LogP) is 2.05. The number of aliphatic carboxylic acids is 1. The average molecular weight is 278 g/mol. The third-order valence-corrected chi connectivity index (χ3v) is 3.99. The highest BCUT2D eigenvalue weighted by molar-refractivity contribution is 8.01. The summed E-state index contributed by atoms with van der Waals surface area (Å²) in [7, 11) is 0. The van der Waals surface area contributed by atoms with Crippen LogP contribution in [0.1, 0.15) is 13.8 Å². The smallest absolute Gasteiger partial charge is 0.302 e. The zero-order chi connectivity index (χ0) is 13.3. The quantitative estimate of drug-likeness (QED) is 0.585. The van der Waals surface area contributed by atoms with E-state index in [4.69, 9.17) is 14.6 Å². The summed E-state index contributed by atoms with van der Waals surface area (Å²) in [6.45, 7) is 6.50. The van der Waals surface area contributed by atoms with Crippen LogP contribution in [0.25, 0.3) is 0 Å². The van der Waals surface area contributed by atoms with Crippen molar-refractivity contribution in [2.75, 3.05) is 23.0 Å². The zero-order valence-corrected chi connectivity index (χ0v) is 11.7. The Hall–Kier alpha value is -0.620. The van der Waals surface area contributed by atoms with E-state index >= 15 is 0 Å². The summed E-state index contributed by atoms with van der Waals surface area (Å²) in [6.07, 6.45) is 0.0839. The van der Waals surface area contributed by atoms with Gasteiger partial charge in [-0.15, -0.1) is 0 Å². The van der Waals surface area contributed by atoms with Gasteiger partial charge >= 0.3 is 5.97 Å². The number of hydrogen-bond donors (Lipinski definition) is 1. The largest absolute Gasteiger partial charge is 0.481 e. The van der Waals surface area contributed by atoms with Crippen molar-refractivity contribution in [2.24, 2.45) is 0 Å². The first kappa shape index (κ1) is 16.4. The van der Waals surface area contributed by atoms with E-state index in [1.165, 1.54) is 12.5 Å². The number of ether oxygens (including phenoxy) is 1. The molecule has 1 rings (SSSR count). The lowest BCUT2D eigenvalue weighted by atomic mass is 10.4. The minimum absolute atomic E-state index is 0.0839. The van der Waals surface area contributed by atoms with Gasteiger partial charge in [0.2, 0.25) is 0 Å². The molecule has 1 aliphatic heterocycles. The molecule has 98 valence electrons. The summed E-state index contributed by atoms with van der Waals surface area (Å²) >= 11 is 3.59. The molecule has 4 nitrogen and oxygen atoms in total. The highest BCUT2D eigenvalue weighted by atomic mass is 32.2. The number of carbonyl (C=O) groups is 2. The van der Waals surface area contributed by atoms with Gasteiger partial charge in [-0.05, 0) is 0 Å². The average Bonchev–Trinajstić information content (AvgIpc) is 2.12. The minimum Gasteiger partial charge on any atom is -0.481 e. The van der Waals surface area contributed by atoms with Gasteiger partial charge in [-0.2, -0.15) is 23.5 Å². The molecule has 1 N–H and O–H groups in total. The molecule has 0 aliphatic carbocycles. The van der Waals surface area contributed by atoms with E-state index in [1.807, 2.05) is 0 Å². The maximum Gasteiger partial charge on any atom is 0.302 e. The third-order valence-electron chi connectivity index (χ3n) is 1.55.